The highest BCUT2D eigenvalue weighted by molar-refractivity contribution is 5.92. The first kappa shape index (κ1) is 13.1. The van der Waals surface area contributed by atoms with Gasteiger partial charge in [0.15, 0.2) is 11.8 Å². The zero-order valence-electron chi connectivity index (χ0n) is 11.4. The summed E-state index contributed by atoms with van der Waals surface area (Å²) in [6, 6.07) is 5.21. The molecule has 1 aliphatic heterocycles. The molecule has 0 spiro atoms. The maximum atomic E-state index is 11.2. The highest BCUT2D eigenvalue weighted by Crippen LogP contribution is 2.32. The number of rotatable bonds is 1. The number of hydrogen-bond acceptors (Lipinski definition) is 5. The van der Waals surface area contributed by atoms with Crippen LogP contribution in [0.5, 0.6) is 17.6 Å². The fourth-order valence-electron chi connectivity index (χ4n) is 2.62. The van der Waals surface area contributed by atoms with Gasteiger partial charge in [0.2, 0.25) is 5.88 Å². The van der Waals surface area contributed by atoms with Crippen LogP contribution in [0, 0.1) is 5.41 Å². The quantitative estimate of drug-likeness (QED) is 0.428. The van der Waals surface area contributed by atoms with Gasteiger partial charge < -0.3 is 15.3 Å². The lowest BCUT2D eigenvalue weighted by atomic mass is 10.2. The van der Waals surface area contributed by atoms with Gasteiger partial charge in [-0.25, -0.2) is 4.79 Å². The van der Waals surface area contributed by atoms with Crippen molar-refractivity contribution in [3.63, 3.8) is 0 Å². The molecule has 4 rings (SSSR count). The molecule has 1 aliphatic rings. The van der Waals surface area contributed by atoms with E-state index in [-0.39, 0.29) is 33.9 Å². The zero-order valence-corrected chi connectivity index (χ0v) is 11.4. The molecule has 9 nitrogen and oxygen atoms in total. The number of aromatic nitrogens is 2. The van der Waals surface area contributed by atoms with E-state index in [1.807, 2.05) is 0 Å². The highest BCUT2D eigenvalue weighted by atomic mass is 16.3. The Balaban J connectivity index is 2.08. The van der Waals surface area contributed by atoms with Crippen molar-refractivity contribution in [2.45, 2.75) is 0 Å². The first-order valence-corrected chi connectivity index (χ1v) is 6.51. The minimum absolute atomic E-state index is 0.0542. The summed E-state index contributed by atoms with van der Waals surface area (Å²) in [6.07, 6.45) is 0. The molecular weight excluding hydrogens is 302 g/mol. The number of carbonyl (C=O) groups excluding carboxylic acids is 1. The molecule has 0 fully saturated rings. The molecule has 3 aromatic rings. The number of amides is 2. The summed E-state index contributed by atoms with van der Waals surface area (Å²) in [5.74, 6) is -1.05. The molecule has 9 heteroatoms. The number of pyridine rings is 1. The number of benzene rings is 1. The Morgan fingerprint density at radius 3 is 2.57 bits per heavy atom. The lowest BCUT2D eigenvalue weighted by molar-refractivity contribution is 0.256. The van der Waals surface area contributed by atoms with Crippen LogP contribution in [0.4, 0.5) is 4.79 Å². The number of urea groups is 1. The fraction of sp³-hybridized carbons (Fsp3) is 0. The van der Waals surface area contributed by atoms with Gasteiger partial charge in [0.05, 0.1) is 27.2 Å². The molecule has 0 saturated heterocycles. The normalized spacial score (nSPS) is 13.0. The molecule has 114 valence electrons. The molecule has 0 saturated carbocycles. The summed E-state index contributed by atoms with van der Waals surface area (Å²) in [4.78, 5) is 20.9. The van der Waals surface area contributed by atoms with Gasteiger partial charge in [-0.05, 0) is 18.2 Å². The molecule has 0 unspecified atom stereocenters. The van der Waals surface area contributed by atoms with Crippen LogP contribution in [0.25, 0.3) is 16.5 Å². The van der Waals surface area contributed by atoms with Crippen molar-refractivity contribution >= 4 is 16.8 Å². The first-order valence-electron chi connectivity index (χ1n) is 6.51. The van der Waals surface area contributed by atoms with Crippen molar-refractivity contribution in [1.29, 1.82) is 5.41 Å². The lowest BCUT2D eigenvalue weighted by Gasteiger charge is -2.10. The first-order chi connectivity index (χ1) is 11.0. The van der Waals surface area contributed by atoms with Gasteiger partial charge in [0, 0.05) is 6.07 Å². The van der Waals surface area contributed by atoms with Crippen LogP contribution in [0.15, 0.2) is 34.3 Å². The Kier molecular flexibility index (Phi) is 2.38. The summed E-state index contributed by atoms with van der Waals surface area (Å²) in [6.45, 7) is 0. The van der Waals surface area contributed by atoms with Crippen molar-refractivity contribution in [3.05, 3.63) is 40.5 Å². The smallest absolute Gasteiger partial charge is 0.368 e. The maximum absolute atomic E-state index is 11.2. The fourth-order valence-corrected chi connectivity index (χ4v) is 2.62. The van der Waals surface area contributed by atoms with E-state index in [1.54, 1.807) is 12.1 Å². The third-order valence-corrected chi connectivity index (χ3v) is 3.61. The topological polar surface area (TPSA) is 147 Å². The monoisotopic (exact) mass is 311 g/mol. The van der Waals surface area contributed by atoms with E-state index in [9.17, 15) is 20.1 Å². The molecule has 0 atom stereocenters. The molecule has 1 aromatic carbocycles. The second-order valence-electron chi connectivity index (χ2n) is 4.98. The summed E-state index contributed by atoms with van der Waals surface area (Å²) >= 11 is 0. The van der Waals surface area contributed by atoms with Gasteiger partial charge in [-0.1, -0.05) is 0 Å². The van der Waals surface area contributed by atoms with Gasteiger partial charge in [-0.2, -0.15) is 9.98 Å². The van der Waals surface area contributed by atoms with Crippen molar-refractivity contribution in [1.82, 2.24) is 9.55 Å². The molecule has 5 N–H and O–H groups in total. The summed E-state index contributed by atoms with van der Waals surface area (Å²) in [5.41, 5.74) is 0.122. The Bertz CT molecular complexity index is 1190. The van der Waals surface area contributed by atoms with E-state index in [1.165, 1.54) is 12.1 Å². The van der Waals surface area contributed by atoms with Gasteiger partial charge in [-0.15, -0.1) is 0 Å². The van der Waals surface area contributed by atoms with Crippen LogP contribution < -0.4 is 16.2 Å². The van der Waals surface area contributed by atoms with E-state index < -0.39 is 6.03 Å². The van der Waals surface area contributed by atoms with E-state index >= 15 is 0 Å². The number of fused-ring (bicyclic) bond motifs is 2. The Labute approximate surface area is 126 Å². The molecule has 0 radical (unpaired) electrons. The second kappa shape index (κ2) is 4.19. The SMILES string of the molecule is N=c1c2c(O)[nH]c(O)c2cc(O)n1-c1ccc2c(c1)=NC(=O)N=2. The van der Waals surface area contributed by atoms with E-state index in [2.05, 4.69) is 15.0 Å². The third-order valence-electron chi connectivity index (χ3n) is 3.61. The Hall–Kier alpha value is -3.62. The molecule has 2 aromatic heterocycles. The molecular formula is C14H9N5O4. The van der Waals surface area contributed by atoms with E-state index in [0.717, 1.165) is 4.57 Å². The number of H-pyrrole nitrogens is 1. The van der Waals surface area contributed by atoms with Crippen LogP contribution in [-0.4, -0.2) is 30.9 Å². The van der Waals surface area contributed by atoms with Gasteiger partial charge in [0.25, 0.3) is 0 Å². The van der Waals surface area contributed by atoms with E-state index in [0.29, 0.717) is 16.4 Å². The third kappa shape index (κ3) is 1.73. The summed E-state index contributed by atoms with van der Waals surface area (Å²) < 4.78 is 1.15. The van der Waals surface area contributed by atoms with Crippen LogP contribution in [-0.2, 0) is 0 Å². The van der Waals surface area contributed by atoms with Gasteiger partial charge >= 0.3 is 6.03 Å². The zero-order chi connectivity index (χ0) is 16.3. The number of aromatic hydroxyl groups is 3. The largest absolute Gasteiger partial charge is 0.494 e. The predicted molar refractivity (Wildman–Crippen MR) is 76.2 cm³/mol. The van der Waals surface area contributed by atoms with Crippen molar-refractivity contribution in [2.24, 2.45) is 9.98 Å². The molecule has 23 heavy (non-hydrogen) atoms. The van der Waals surface area contributed by atoms with Crippen molar-refractivity contribution in [2.75, 3.05) is 0 Å². The highest BCUT2D eigenvalue weighted by Gasteiger charge is 2.17. The second-order valence-corrected chi connectivity index (χ2v) is 4.98. The predicted octanol–water partition coefficient (Wildman–Crippen LogP) is -0.0723. The molecule has 3 heterocycles. The van der Waals surface area contributed by atoms with Crippen LogP contribution in [0.2, 0.25) is 0 Å². The Morgan fingerprint density at radius 2 is 1.78 bits per heavy atom. The minimum atomic E-state index is -0.610. The number of nitrogens with zero attached hydrogens (tertiary/aromatic N) is 3. The standard InChI is InChI=1S/C14H9N5O4/c15-11-10-6(12(21)18-13(10)22)4-9(20)19(11)5-1-2-7-8(3-5)17-14(23)16-7/h1-4,15,18,20-22H. The number of carbonyl (C=O) groups is 1. The molecule has 2 amide bonds. The van der Waals surface area contributed by atoms with Crippen molar-refractivity contribution < 1.29 is 20.1 Å². The van der Waals surface area contributed by atoms with Gasteiger partial charge in [-0.3, -0.25) is 15.0 Å². The van der Waals surface area contributed by atoms with Gasteiger partial charge in [0.1, 0.15) is 5.49 Å². The average molecular weight is 311 g/mol. The molecule has 0 bridgehead atoms. The number of hydrogen-bond donors (Lipinski definition) is 5. The van der Waals surface area contributed by atoms with Crippen LogP contribution in [0.3, 0.4) is 0 Å². The maximum Gasteiger partial charge on any atom is 0.368 e. The minimum Gasteiger partial charge on any atom is -0.494 e. The van der Waals surface area contributed by atoms with Crippen LogP contribution in [0.1, 0.15) is 0 Å². The lowest BCUT2D eigenvalue weighted by Crippen LogP contribution is -2.25. The summed E-state index contributed by atoms with van der Waals surface area (Å²) in [5, 5.41) is 38.8. The number of aromatic amines is 1. The van der Waals surface area contributed by atoms with Crippen LogP contribution >= 0.6 is 0 Å². The number of nitrogens with one attached hydrogen (secondary N) is 2. The average Bonchev–Trinajstić information content (AvgIpc) is 2.98. The Morgan fingerprint density at radius 1 is 1.04 bits per heavy atom. The summed E-state index contributed by atoms with van der Waals surface area (Å²) in [7, 11) is 0. The van der Waals surface area contributed by atoms with E-state index in [4.69, 9.17) is 5.41 Å². The van der Waals surface area contributed by atoms with Crippen molar-refractivity contribution in [3.8, 4) is 23.3 Å². The molecule has 0 aliphatic carbocycles.